The number of hydrogen-bond acceptors (Lipinski definition) is 1. The van der Waals surface area contributed by atoms with Crippen LogP contribution in [0.2, 0.25) is 0 Å². The molecule has 3 rings (SSSR count). The van der Waals surface area contributed by atoms with Gasteiger partial charge in [-0.25, -0.2) is 0 Å². The van der Waals surface area contributed by atoms with Gasteiger partial charge in [-0.2, -0.15) is 0 Å². The molecule has 0 saturated heterocycles. The van der Waals surface area contributed by atoms with E-state index in [0.717, 1.165) is 5.71 Å². The topological polar surface area (TPSA) is 12.4 Å². The number of benzene rings is 2. The van der Waals surface area contributed by atoms with Crippen LogP contribution < -0.4 is 0 Å². The zero-order valence-electron chi connectivity index (χ0n) is 11.1. The first kappa shape index (κ1) is 12.2. The van der Waals surface area contributed by atoms with E-state index in [-0.39, 0.29) is 0 Å². The summed E-state index contributed by atoms with van der Waals surface area (Å²) in [6, 6.07) is 21.6. The van der Waals surface area contributed by atoms with Crippen LogP contribution in [0.1, 0.15) is 36.8 Å². The SMILES string of the molecule is c1ccc(C(=NC2CCCC2)c2ccccc2)cc1. The number of aliphatic imine (C=N–C) groups is 1. The summed E-state index contributed by atoms with van der Waals surface area (Å²) in [5, 5.41) is 0. The van der Waals surface area contributed by atoms with Crippen LogP contribution in [0, 0.1) is 0 Å². The largest absolute Gasteiger partial charge is 0.281 e. The van der Waals surface area contributed by atoms with Crippen molar-refractivity contribution in [3.05, 3.63) is 71.8 Å². The van der Waals surface area contributed by atoms with Crippen LogP contribution in [-0.2, 0) is 0 Å². The molecule has 96 valence electrons. The van der Waals surface area contributed by atoms with Crippen LogP contribution in [0.15, 0.2) is 65.7 Å². The van der Waals surface area contributed by atoms with Crippen LogP contribution in [0.25, 0.3) is 0 Å². The van der Waals surface area contributed by atoms with Crippen molar-refractivity contribution in [2.24, 2.45) is 4.99 Å². The molecule has 1 fully saturated rings. The standard InChI is InChI=1S/C18H19N/c1-3-9-15(10-4-1)18(16-11-5-2-6-12-16)19-17-13-7-8-14-17/h1-6,9-12,17H,7-8,13-14H2. The van der Waals surface area contributed by atoms with Gasteiger partial charge in [-0.15, -0.1) is 0 Å². The lowest BCUT2D eigenvalue weighted by Gasteiger charge is -2.11. The average molecular weight is 249 g/mol. The van der Waals surface area contributed by atoms with Crippen molar-refractivity contribution < 1.29 is 0 Å². The van der Waals surface area contributed by atoms with Gasteiger partial charge in [0.05, 0.1) is 11.8 Å². The van der Waals surface area contributed by atoms with E-state index in [1.165, 1.54) is 36.8 Å². The molecule has 1 heteroatoms. The molecule has 0 N–H and O–H groups in total. The Kier molecular flexibility index (Phi) is 3.73. The predicted octanol–water partition coefficient (Wildman–Crippen LogP) is 4.47. The Bertz CT molecular complexity index is 495. The molecule has 0 spiro atoms. The minimum Gasteiger partial charge on any atom is -0.281 e. The maximum absolute atomic E-state index is 5.03. The molecule has 1 aliphatic carbocycles. The van der Waals surface area contributed by atoms with Crippen molar-refractivity contribution >= 4 is 5.71 Å². The fourth-order valence-electron chi connectivity index (χ4n) is 2.72. The van der Waals surface area contributed by atoms with E-state index >= 15 is 0 Å². The fraction of sp³-hybridized carbons (Fsp3) is 0.278. The minimum absolute atomic E-state index is 0.510. The van der Waals surface area contributed by atoms with E-state index < -0.39 is 0 Å². The quantitative estimate of drug-likeness (QED) is 0.712. The third-order valence-electron chi connectivity index (χ3n) is 3.73. The lowest BCUT2D eigenvalue weighted by Crippen LogP contribution is -2.08. The first-order valence-electron chi connectivity index (χ1n) is 7.12. The molecule has 0 atom stereocenters. The monoisotopic (exact) mass is 249 g/mol. The van der Waals surface area contributed by atoms with Gasteiger partial charge < -0.3 is 0 Å². The Morgan fingerprint density at radius 2 is 1.21 bits per heavy atom. The minimum atomic E-state index is 0.510. The normalized spacial score (nSPS) is 15.4. The van der Waals surface area contributed by atoms with Crippen LogP contribution in [0.5, 0.6) is 0 Å². The third-order valence-corrected chi connectivity index (χ3v) is 3.73. The van der Waals surface area contributed by atoms with Gasteiger partial charge in [0.25, 0.3) is 0 Å². The molecular weight excluding hydrogens is 230 g/mol. The second kappa shape index (κ2) is 5.83. The third kappa shape index (κ3) is 2.93. The van der Waals surface area contributed by atoms with Crippen molar-refractivity contribution in [1.82, 2.24) is 0 Å². The van der Waals surface area contributed by atoms with Crippen molar-refractivity contribution in [2.75, 3.05) is 0 Å². The average Bonchev–Trinajstić information content (AvgIpc) is 3.00. The van der Waals surface area contributed by atoms with E-state index in [9.17, 15) is 0 Å². The van der Waals surface area contributed by atoms with Crippen LogP contribution in [-0.4, -0.2) is 11.8 Å². The molecule has 2 aromatic carbocycles. The van der Waals surface area contributed by atoms with E-state index in [0.29, 0.717) is 6.04 Å². The second-order valence-corrected chi connectivity index (χ2v) is 5.15. The Morgan fingerprint density at radius 3 is 1.68 bits per heavy atom. The molecule has 0 unspecified atom stereocenters. The van der Waals surface area contributed by atoms with Crippen molar-refractivity contribution in [1.29, 1.82) is 0 Å². The van der Waals surface area contributed by atoms with Gasteiger partial charge >= 0.3 is 0 Å². The zero-order chi connectivity index (χ0) is 12.9. The first-order valence-corrected chi connectivity index (χ1v) is 7.12. The summed E-state index contributed by atoms with van der Waals surface area (Å²) in [5.74, 6) is 0. The summed E-state index contributed by atoms with van der Waals surface area (Å²) in [6.07, 6.45) is 5.13. The van der Waals surface area contributed by atoms with E-state index in [4.69, 9.17) is 4.99 Å². The molecule has 1 aliphatic rings. The van der Waals surface area contributed by atoms with Crippen LogP contribution in [0.4, 0.5) is 0 Å². The first-order chi connectivity index (χ1) is 9.43. The molecule has 0 amide bonds. The van der Waals surface area contributed by atoms with Crippen LogP contribution >= 0.6 is 0 Å². The molecule has 0 heterocycles. The number of nitrogens with zero attached hydrogens (tertiary/aromatic N) is 1. The summed E-state index contributed by atoms with van der Waals surface area (Å²) < 4.78 is 0. The Labute approximate surface area is 115 Å². The highest BCUT2D eigenvalue weighted by Crippen LogP contribution is 2.23. The Morgan fingerprint density at radius 1 is 0.737 bits per heavy atom. The van der Waals surface area contributed by atoms with Gasteiger partial charge in [0.1, 0.15) is 0 Å². The van der Waals surface area contributed by atoms with Crippen molar-refractivity contribution in [3.8, 4) is 0 Å². The van der Waals surface area contributed by atoms with E-state index in [1.54, 1.807) is 0 Å². The highest BCUT2D eigenvalue weighted by molar-refractivity contribution is 6.12. The highest BCUT2D eigenvalue weighted by atomic mass is 14.8. The van der Waals surface area contributed by atoms with Gasteiger partial charge in [-0.3, -0.25) is 4.99 Å². The Hall–Kier alpha value is -1.89. The lowest BCUT2D eigenvalue weighted by atomic mass is 10.0. The summed E-state index contributed by atoms with van der Waals surface area (Å²) in [4.78, 5) is 5.03. The maximum atomic E-state index is 5.03. The summed E-state index contributed by atoms with van der Waals surface area (Å²) in [5.41, 5.74) is 3.59. The highest BCUT2D eigenvalue weighted by Gasteiger charge is 2.16. The van der Waals surface area contributed by atoms with Gasteiger partial charge in [-0.1, -0.05) is 73.5 Å². The van der Waals surface area contributed by atoms with E-state index in [2.05, 4.69) is 60.7 Å². The van der Waals surface area contributed by atoms with Crippen molar-refractivity contribution in [3.63, 3.8) is 0 Å². The van der Waals surface area contributed by atoms with Gasteiger partial charge in [-0.05, 0) is 12.8 Å². The molecule has 0 aromatic heterocycles. The Balaban J connectivity index is 2.01. The van der Waals surface area contributed by atoms with Crippen LogP contribution in [0.3, 0.4) is 0 Å². The second-order valence-electron chi connectivity index (χ2n) is 5.15. The molecule has 19 heavy (non-hydrogen) atoms. The fourth-order valence-corrected chi connectivity index (χ4v) is 2.72. The molecule has 1 nitrogen and oxygen atoms in total. The summed E-state index contributed by atoms with van der Waals surface area (Å²) in [7, 11) is 0. The molecule has 0 bridgehead atoms. The molecular formula is C18H19N. The lowest BCUT2D eigenvalue weighted by molar-refractivity contribution is 0.707. The maximum Gasteiger partial charge on any atom is 0.0722 e. The molecule has 0 aliphatic heterocycles. The molecule has 2 aromatic rings. The number of rotatable bonds is 3. The summed E-state index contributed by atoms with van der Waals surface area (Å²) >= 11 is 0. The van der Waals surface area contributed by atoms with Gasteiger partial charge in [0, 0.05) is 11.1 Å². The van der Waals surface area contributed by atoms with Gasteiger partial charge in [0.2, 0.25) is 0 Å². The van der Waals surface area contributed by atoms with E-state index in [1.807, 2.05) is 0 Å². The molecule has 0 radical (unpaired) electrons. The predicted molar refractivity (Wildman–Crippen MR) is 80.8 cm³/mol. The van der Waals surface area contributed by atoms with Gasteiger partial charge in [0.15, 0.2) is 0 Å². The smallest absolute Gasteiger partial charge is 0.0722 e. The summed E-state index contributed by atoms with van der Waals surface area (Å²) in [6.45, 7) is 0. The number of hydrogen-bond donors (Lipinski definition) is 0. The molecule has 1 saturated carbocycles. The van der Waals surface area contributed by atoms with Crippen molar-refractivity contribution in [2.45, 2.75) is 31.7 Å². The zero-order valence-corrected chi connectivity index (χ0v) is 11.1.